The number of nitrogens with two attached hydrogens (primary N) is 1. The Balaban J connectivity index is 2.97. The van der Waals surface area contributed by atoms with Gasteiger partial charge < -0.3 is 15.1 Å². The number of amides is 1. The molecule has 0 fully saturated rings. The molecule has 1 unspecified atom stereocenters. The van der Waals surface area contributed by atoms with Crippen LogP contribution in [-0.4, -0.2) is 37.1 Å². The predicted molar refractivity (Wildman–Crippen MR) is 76.9 cm³/mol. The summed E-state index contributed by atoms with van der Waals surface area (Å²) in [7, 11) is 1.63. The highest BCUT2D eigenvalue weighted by Crippen LogP contribution is 2.18. The predicted octanol–water partition coefficient (Wildman–Crippen LogP) is 1.86. The number of ether oxygens (including phenoxy) is 1. The molecule has 0 bridgehead atoms. The molecule has 1 atom stereocenters. The molecule has 0 aliphatic heterocycles. The van der Waals surface area contributed by atoms with Gasteiger partial charge in [0, 0.05) is 19.7 Å². The van der Waals surface area contributed by atoms with E-state index < -0.39 is 0 Å². The Morgan fingerprint density at radius 1 is 1.47 bits per heavy atom. The molecule has 19 heavy (non-hydrogen) atoms. The van der Waals surface area contributed by atoms with Gasteiger partial charge >= 0.3 is 0 Å². The summed E-state index contributed by atoms with van der Waals surface area (Å²) in [6.07, 6.45) is 0.897. The van der Waals surface area contributed by atoms with Crippen LogP contribution in [0.3, 0.4) is 0 Å². The van der Waals surface area contributed by atoms with Crippen molar-refractivity contribution < 1.29 is 9.53 Å². The van der Waals surface area contributed by atoms with Crippen LogP contribution in [0.1, 0.15) is 30.6 Å². The molecule has 0 aromatic heterocycles. The van der Waals surface area contributed by atoms with E-state index in [1.807, 2.05) is 24.0 Å². The number of para-hydroxylation sites is 1. The van der Waals surface area contributed by atoms with Gasteiger partial charge in [0.05, 0.1) is 17.9 Å². The second-order valence-corrected chi connectivity index (χ2v) is 4.44. The van der Waals surface area contributed by atoms with Crippen LogP contribution in [0.5, 0.6) is 0 Å². The summed E-state index contributed by atoms with van der Waals surface area (Å²) in [6.45, 7) is 5.19. The number of carbonyl (C=O) groups is 1. The fraction of sp³-hybridized carbons (Fsp3) is 0.500. The lowest BCUT2D eigenvalue weighted by molar-refractivity contribution is 0.0615. The summed E-state index contributed by atoms with van der Waals surface area (Å²) in [4.78, 5) is 14.4. The Hall–Kier alpha value is -1.59. The maximum atomic E-state index is 12.6. The number of nitrogens with zero attached hydrogens (tertiary/aromatic N) is 1. The van der Waals surface area contributed by atoms with Crippen molar-refractivity contribution >= 4 is 11.6 Å². The topological polar surface area (TPSA) is 67.6 Å². The first-order valence-corrected chi connectivity index (χ1v) is 6.51. The minimum absolute atomic E-state index is 0.0278. The quantitative estimate of drug-likeness (QED) is 0.583. The lowest BCUT2D eigenvalue weighted by atomic mass is 10.1. The normalized spacial score (nSPS) is 12.0. The van der Waals surface area contributed by atoms with Crippen LogP contribution in [0, 0.1) is 0 Å². The molecule has 1 aromatic rings. The molecule has 0 saturated heterocycles. The van der Waals surface area contributed by atoms with Crippen molar-refractivity contribution in [1.82, 2.24) is 4.90 Å². The first-order chi connectivity index (χ1) is 9.15. The Kier molecular flexibility index (Phi) is 6.32. The van der Waals surface area contributed by atoms with Crippen LogP contribution in [0.2, 0.25) is 0 Å². The van der Waals surface area contributed by atoms with E-state index in [9.17, 15) is 4.79 Å². The first-order valence-electron chi connectivity index (χ1n) is 6.51. The Bertz CT molecular complexity index is 409. The number of rotatable bonds is 7. The Labute approximate surface area is 114 Å². The molecule has 0 aliphatic carbocycles. The van der Waals surface area contributed by atoms with Gasteiger partial charge in [0.1, 0.15) is 0 Å². The molecule has 5 nitrogen and oxygen atoms in total. The van der Waals surface area contributed by atoms with E-state index in [4.69, 9.17) is 10.6 Å². The summed E-state index contributed by atoms with van der Waals surface area (Å²) < 4.78 is 5.08. The van der Waals surface area contributed by atoms with Crippen molar-refractivity contribution in [2.75, 3.05) is 25.7 Å². The van der Waals surface area contributed by atoms with E-state index in [-0.39, 0.29) is 11.9 Å². The van der Waals surface area contributed by atoms with Crippen molar-refractivity contribution in [3.05, 3.63) is 29.8 Å². The highest BCUT2D eigenvalue weighted by Gasteiger charge is 2.22. The second kappa shape index (κ2) is 7.76. The number of hydrogen-bond acceptors (Lipinski definition) is 4. The number of nitrogens with one attached hydrogen (secondary N) is 1. The summed E-state index contributed by atoms with van der Waals surface area (Å²) in [6, 6.07) is 7.40. The number of carbonyl (C=O) groups excluding carboxylic acids is 1. The fourth-order valence-electron chi connectivity index (χ4n) is 1.88. The number of methoxy groups -OCH3 is 1. The molecule has 0 spiro atoms. The molecule has 1 aromatic carbocycles. The van der Waals surface area contributed by atoms with Gasteiger partial charge in [-0.25, -0.2) is 0 Å². The average molecular weight is 265 g/mol. The molecule has 0 aliphatic rings. The molecule has 0 radical (unpaired) electrons. The number of hydrazine groups is 1. The minimum atomic E-state index is -0.0278. The minimum Gasteiger partial charge on any atom is -0.383 e. The van der Waals surface area contributed by atoms with Gasteiger partial charge in [-0.1, -0.05) is 19.1 Å². The molecule has 0 saturated carbocycles. The van der Waals surface area contributed by atoms with Crippen LogP contribution >= 0.6 is 0 Å². The zero-order chi connectivity index (χ0) is 14.3. The SMILES string of the molecule is CCC(C)N(CCOC)C(=O)c1ccccc1NN. The van der Waals surface area contributed by atoms with Crippen LogP contribution in [0.15, 0.2) is 24.3 Å². The second-order valence-electron chi connectivity index (χ2n) is 4.44. The Morgan fingerprint density at radius 2 is 2.16 bits per heavy atom. The number of benzene rings is 1. The van der Waals surface area contributed by atoms with Crippen molar-refractivity contribution in [3.8, 4) is 0 Å². The molecule has 1 rings (SSSR count). The highest BCUT2D eigenvalue weighted by atomic mass is 16.5. The zero-order valence-electron chi connectivity index (χ0n) is 11.8. The molecule has 106 valence electrons. The molecule has 3 N–H and O–H groups in total. The third-order valence-electron chi connectivity index (χ3n) is 3.23. The van der Waals surface area contributed by atoms with Crippen LogP contribution in [0.4, 0.5) is 5.69 Å². The van der Waals surface area contributed by atoms with E-state index in [1.165, 1.54) is 0 Å². The number of anilines is 1. The van der Waals surface area contributed by atoms with E-state index in [0.717, 1.165) is 6.42 Å². The van der Waals surface area contributed by atoms with Crippen molar-refractivity contribution in [1.29, 1.82) is 0 Å². The van der Waals surface area contributed by atoms with E-state index in [2.05, 4.69) is 12.3 Å². The lowest BCUT2D eigenvalue weighted by Crippen LogP contribution is -2.40. The van der Waals surface area contributed by atoms with Crippen LogP contribution < -0.4 is 11.3 Å². The van der Waals surface area contributed by atoms with Gasteiger partial charge in [-0.2, -0.15) is 0 Å². The van der Waals surface area contributed by atoms with Crippen molar-refractivity contribution in [2.45, 2.75) is 26.3 Å². The van der Waals surface area contributed by atoms with Gasteiger partial charge in [0.2, 0.25) is 0 Å². The van der Waals surface area contributed by atoms with Crippen LogP contribution in [-0.2, 0) is 4.74 Å². The molecular weight excluding hydrogens is 242 g/mol. The fourth-order valence-corrected chi connectivity index (χ4v) is 1.88. The maximum absolute atomic E-state index is 12.6. The third kappa shape index (κ3) is 3.94. The smallest absolute Gasteiger partial charge is 0.256 e. The zero-order valence-corrected chi connectivity index (χ0v) is 11.8. The van der Waals surface area contributed by atoms with E-state index in [0.29, 0.717) is 24.4 Å². The van der Waals surface area contributed by atoms with Gasteiger partial charge in [-0.05, 0) is 25.5 Å². The molecule has 1 amide bonds. The average Bonchev–Trinajstić information content (AvgIpc) is 2.46. The van der Waals surface area contributed by atoms with E-state index in [1.54, 1.807) is 19.2 Å². The number of nitrogen functional groups attached to an aromatic ring is 1. The summed E-state index contributed by atoms with van der Waals surface area (Å²) in [5, 5.41) is 0. The van der Waals surface area contributed by atoms with Crippen molar-refractivity contribution in [2.24, 2.45) is 5.84 Å². The first kappa shape index (κ1) is 15.5. The van der Waals surface area contributed by atoms with E-state index >= 15 is 0 Å². The molecule has 0 heterocycles. The number of hydrogen-bond donors (Lipinski definition) is 2. The Morgan fingerprint density at radius 3 is 2.74 bits per heavy atom. The van der Waals surface area contributed by atoms with Gasteiger partial charge in [-0.15, -0.1) is 0 Å². The maximum Gasteiger partial charge on any atom is 0.256 e. The summed E-state index contributed by atoms with van der Waals surface area (Å²) >= 11 is 0. The van der Waals surface area contributed by atoms with Gasteiger partial charge in [-0.3, -0.25) is 10.6 Å². The third-order valence-corrected chi connectivity index (χ3v) is 3.23. The monoisotopic (exact) mass is 265 g/mol. The molecular formula is C14H23N3O2. The lowest BCUT2D eigenvalue weighted by Gasteiger charge is -2.29. The highest BCUT2D eigenvalue weighted by molar-refractivity contribution is 5.99. The van der Waals surface area contributed by atoms with Crippen molar-refractivity contribution in [3.63, 3.8) is 0 Å². The van der Waals surface area contributed by atoms with Crippen LogP contribution in [0.25, 0.3) is 0 Å². The standard InChI is InChI=1S/C14H23N3O2/c1-4-11(2)17(9-10-19-3)14(18)12-7-5-6-8-13(12)16-15/h5-8,11,16H,4,9-10,15H2,1-3H3. The van der Waals surface area contributed by atoms with Gasteiger partial charge in [0.15, 0.2) is 0 Å². The van der Waals surface area contributed by atoms with Gasteiger partial charge in [0.25, 0.3) is 5.91 Å². The molecule has 5 heteroatoms. The summed E-state index contributed by atoms with van der Waals surface area (Å²) in [5.41, 5.74) is 3.79. The summed E-state index contributed by atoms with van der Waals surface area (Å²) in [5.74, 6) is 5.42. The largest absolute Gasteiger partial charge is 0.383 e.